The molecule has 0 aliphatic rings. The maximum atomic E-state index is 12.4. The fourth-order valence-electron chi connectivity index (χ4n) is 2.16. The van der Waals surface area contributed by atoms with Crippen LogP contribution in [0, 0.1) is 6.92 Å². The number of hydrogen-bond donors (Lipinski definition) is 1. The molecule has 7 heteroatoms. The van der Waals surface area contributed by atoms with Crippen LogP contribution in [0.2, 0.25) is 5.02 Å². The summed E-state index contributed by atoms with van der Waals surface area (Å²) in [6.45, 7) is 0.974. The second kappa shape index (κ2) is 9.20. The first kappa shape index (κ1) is 19.7. The van der Waals surface area contributed by atoms with Crippen LogP contribution < -0.4 is 14.8 Å². The van der Waals surface area contributed by atoms with Crippen LogP contribution >= 0.6 is 11.6 Å². The van der Waals surface area contributed by atoms with E-state index in [2.05, 4.69) is 10.1 Å². The van der Waals surface area contributed by atoms with Gasteiger partial charge in [0, 0.05) is 6.08 Å². The molecule has 1 N–H and O–H groups in total. The number of aryl methyl sites for hydroxylation is 1. The Bertz CT molecular complexity index is 809. The smallest absolute Gasteiger partial charge is 0.387 e. The highest BCUT2D eigenvalue weighted by Gasteiger charge is 2.11. The monoisotopic (exact) mass is 381 g/mol. The number of amides is 1. The highest BCUT2D eigenvalue weighted by Crippen LogP contribution is 2.30. The van der Waals surface area contributed by atoms with Gasteiger partial charge >= 0.3 is 6.61 Å². The Balaban J connectivity index is 2.10. The second-order valence-electron chi connectivity index (χ2n) is 5.32. The SMILES string of the molecule is CCOc1cc(/C=C/C(=O)Nc2ccc(C)cc2Cl)ccc1OC(F)F. The molecule has 0 radical (unpaired) electrons. The van der Waals surface area contributed by atoms with Gasteiger partial charge in [0.1, 0.15) is 0 Å². The number of carbonyl (C=O) groups is 1. The topological polar surface area (TPSA) is 47.6 Å². The Morgan fingerprint density at radius 3 is 2.65 bits per heavy atom. The van der Waals surface area contributed by atoms with Gasteiger partial charge in [-0.15, -0.1) is 0 Å². The van der Waals surface area contributed by atoms with Crippen molar-refractivity contribution in [3.05, 3.63) is 58.6 Å². The van der Waals surface area contributed by atoms with Crippen LogP contribution in [-0.4, -0.2) is 19.1 Å². The van der Waals surface area contributed by atoms with Gasteiger partial charge in [-0.1, -0.05) is 23.7 Å². The predicted molar refractivity (Wildman–Crippen MR) is 98.1 cm³/mol. The average molecular weight is 382 g/mol. The molecule has 0 heterocycles. The van der Waals surface area contributed by atoms with Gasteiger partial charge in [0.25, 0.3) is 0 Å². The summed E-state index contributed by atoms with van der Waals surface area (Å²) in [6, 6.07) is 9.73. The molecule has 0 aliphatic heterocycles. The summed E-state index contributed by atoms with van der Waals surface area (Å²) in [4.78, 5) is 12.0. The van der Waals surface area contributed by atoms with Crippen LogP contribution in [0.4, 0.5) is 14.5 Å². The zero-order valence-corrected chi connectivity index (χ0v) is 15.0. The fourth-order valence-corrected chi connectivity index (χ4v) is 2.44. The van der Waals surface area contributed by atoms with Crippen LogP contribution in [-0.2, 0) is 4.79 Å². The Kier molecular flexibility index (Phi) is 6.97. The largest absolute Gasteiger partial charge is 0.490 e. The number of ether oxygens (including phenoxy) is 2. The number of alkyl halides is 2. The van der Waals surface area contributed by atoms with E-state index in [1.165, 1.54) is 24.3 Å². The van der Waals surface area contributed by atoms with Crippen LogP contribution in [0.1, 0.15) is 18.1 Å². The van der Waals surface area contributed by atoms with Crippen molar-refractivity contribution in [2.24, 2.45) is 0 Å². The number of rotatable bonds is 7. The van der Waals surface area contributed by atoms with E-state index in [9.17, 15) is 13.6 Å². The van der Waals surface area contributed by atoms with Crippen LogP contribution in [0.3, 0.4) is 0 Å². The summed E-state index contributed by atoms with van der Waals surface area (Å²) in [7, 11) is 0. The van der Waals surface area contributed by atoms with Crippen molar-refractivity contribution in [2.45, 2.75) is 20.5 Å². The fraction of sp³-hybridized carbons (Fsp3) is 0.211. The number of halogens is 3. The van der Waals surface area contributed by atoms with E-state index in [1.54, 1.807) is 25.1 Å². The van der Waals surface area contributed by atoms with Crippen LogP contribution in [0.15, 0.2) is 42.5 Å². The normalized spacial score (nSPS) is 11.0. The Morgan fingerprint density at radius 2 is 2.00 bits per heavy atom. The van der Waals surface area contributed by atoms with Crippen molar-refractivity contribution in [2.75, 3.05) is 11.9 Å². The molecule has 138 valence electrons. The second-order valence-corrected chi connectivity index (χ2v) is 5.73. The first-order valence-corrected chi connectivity index (χ1v) is 8.23. The van der Waals surface area contributed by atoms with Gasteiger partial charge < -0.3 is 14.8 Å². The average Bonchev–Trinajstić information content (AvgIpc) is 2.57. The first-order chi connectivity index (χ1) is 12.4. The van der Waals surface area contributed by atoms with E-state index in [-0.39, 0.29) is 17.4 Å². The molecular formula is C19H18ClF2NO3. The number of nitrogens with one attached hydrogen (secondary N) is 1. The lowest BCUT2D eigenvalue weighted by Crippen LogP contribution is -2.08. The molecule has 4 nitrogen and oxygen atoms in total. The van der Waals surface area contributed by atoms with Crippen molar-refractivity contribution < 1.29 is 23.0 Å². The number of benzene rings is 2. The molecule has 0 aliphatic carbocycles. The summed E-state index contributed by atoms with van der Waals surface area (Å²) >= 11 is 6.07. The molecule has 2 aromatic rings. The van der Waals surface area contributed by atoms with Gasteiger partial charge in [-0.2, -0.15) is 8.78 Å². The molecule has 0 unspecified atom stereocenters. The number of hydrogen-bond acceptors (Lipinski definition) is 3. The third-order valence-electron chi connectivity index (χ3n) is 3.29. The molecule has 0 atom stereocenters. The van der Waals surface area contributed by atoms with E-state index in [1.807, 2.05) is 13.0 Å². The first-order valence-electron chi connectivity index (χ1n) is 7.86. The molecule has 0 saturated carbocycles. The van der Waals surface area contributed by atoms with E-state index >= 15 is 0 Å². The van der Waals surface area contributed by atoms with E-state index in [4.69, 9.17) is 16.3 Å². The highest BCUT2D eigenvalue weighted by atomic mass is 35.5. The molecule has 1 amide bonds. The zero-order chi connectivity index (χ0) is 19.1. The van der Waals surface area contributed by atoms with Crippen LogP contribution in [0.25, 0.3) is 6.08 Å². The Morgan fingerprint density at radius 1 is 1.23 bits per heavy atom. The summed E-state index contributed by atoms with van der Waals surface area (Å²) < 4.78 is 34.5. The van der Waals surface area contributed by atoms with Gasteiger partial charge in [-0.05, 0) is 55.3 Å². The minimum atomic E-state index is -2.94. The van der Waals surface area contributed by atoms with Gasteiger partial charge in [0.05, 0.1) is 17.3 Å². The molecule has 26 heavy (non-hydrogen) atoms. The number of anilines is 1. The summed E-state index contributed by atoms with van der Waals surface area (Å²) in [5, 5.41) is 3.12. The lowest BCUT2D eigenvalue weighted by atomic mass is 10.2. The summed E-state index contributed by atoms with van der Waals surface area (Å²) in [6.07, 6.45) is 2.85. The van der Waals surface area contributed by atoms with Crippen LogP contribution in [0.5, 0.6) is 11.5 Å². The van der Waals surface area contributed by atoms with Crippen molar-refractivity contribution in [1.82, 2.24) is 0 Å². The molecule has 0 aromatic heterocycles. The molecule has 0 spiro atoms. The molecule has 2 aromatic carbocycles. The van der Waals surface area contributed by atoms with E-state index in [0.717, 1.165) is 5.56 Å². The highest BCUT2D eigenvalue weighted by molar-refractivity contribution is 6.33. The summed E-state index contributed by atoms with van der Waals surface area (Å²) in [5.74, 6) is -0.256. The van der Waals surface area contributed by atoms with Gasteiger partial charge in [0.15, 0.2) is 11.5 Å². The minimum Gasteiger partial charge on any atom is -0.490 e. The lowest BCUT2D eigenvalue weighted by Gasteiger charge is -2.11. The molecule has 0 bridgehead atoms. The Hall–Kier alpha value is -2.60. The lowest BCUT2D eigenvalue weighted by molar-refractivity contribution is -0.111. The van der Waals surface area contributed by atoms with Crippen molar-refractivity contribution in [3.63, 3.8) is 0 Å². The standard InChI is InChI=1S/C19H18ClF2NO3/c1-3-25-17-11-13(5-8-16(17)26-19(21)22)6-9-18(24)23-15-7-4-12(2)10-14(15)20/h4-11,19H,3H2,1-2H3,(H,23,24)/b9-6+. The van der Waals surface area contributed by atoms with Crippen molar-refractivity contribution >= 4 is 29.3 Å². The van der Waals surface area contributed by atoms with E-state index < -0.39 is 6.61 Å². The third kappa shape index (κ3) is 5.74. The maximum absolute atomic E-state index is 12.4. The number of carbonyl (C=O) groups excluding carboxylic acids is 1. The molecule has 0 saturated heterocycles. The third-order valence-corrected chi connectivity index (χ3v) is 3.61. The Labute approximate surface area is 155 Å². The van der Waals surface area contributed by atoms with Crippen molar-refractivity contribution in [1.29, 1.82) is 0 Å². The van der Waals surface area contributed by atoms with Crippen molar-refractivity contribution in [3.8, 4) is 11.5 Å². The van der Waals surface area contributed by atoms with E-state index in [0.29, 0.717) is 22.9 Å². The van der Waals surface area contributed by atoms with Gasteiger partial charge in [0.2, 0.25) is 5.91 Å². The maximum Gasteiger partial charge on any atom is 0.387 e. The predicted octanol–water partition coefficient (Wildman–Crippen LogP) is 5.30. The minimum absolute atomic E-state index is 0.0603. The summed E-state index contributed by atoms with van der Waals surface area (Å²) in [5.41, 5.74) is 2.08. The van der Waals surface area contributed by atoms with Gasteiger partial charge in [-0.25, -0.2) is 0 Å². The zero-order valence-electron chi connectivity index (χ0n) is 14.3. The molecular weight excluding hydrogens is 364 g/mol. The molecule has 0 fully saturated rings. The molecule has 2 rings (SSSR count). The quantitative estimate of drug-likeness (QED) is 0.662. The van der Waals surface area contributed by atoms with Gasteiger partial charge in [-0.3, -0.25) is 4.79 Å².